The fourth-order valence-corrected chi connectivity index (χ4v) is 1.02. The largest absolute Gasteiger partial charge is 0.507 e. The lowest BCUT2D eigenvalue weighted by atomic mass is 10.0. The van der Waals surface area contributed by atoms with E-state index >= 15 is 0 Å². The van der Waals surface area contributed by atoms with Gasteiger partial charge >= 0.3 is 0 Å². The summed E-state index contributed by atoms with van der Waals surface area (Å²) in [6, 6.07) is 2.66. The van der Waals surface area contributed by atoms with E-state index in [4.69, 9.17) is 5.11 Å². The number of allylic oxidation sites excluding steroid dienone is 1. The van der Waals surface area contributed by atoms with Gasteiger partial charge in [-0.25, -0.2) is 4.39 Å². The molecular formula is C10H9FO2. The lowest BCUT2D eigenvalue weighted by Gasteiger charge is -2.05. The van der Waals surface area contributed by atoms with Crippen LogP contribution in [0.2, 0.25) is 0 Å². The van der Waals surface area contributed by atoms with Crippen LogP contribution in [0.1, 0.15) is 22.8 Å². The molecule has 0 aliphatic carbocycles. The Morgan fingerprint density at radius 2 is 2.23 bits per heavy atom. The molecule has 0 amide bonds. The number of aromatic hydroxyl groups is 1. The minimum atomic E-state index is -0.720. The molecule has 0 spiro atoms. The van der Waals surface area contributed by atoms with Gasteiger partial charge in [-0.05, 0) is 24.6 Å². The second-order valence-electron chi connectivity index (χ2n) is 2.76. The van der Waals surface area contributed by atoms with E-state index in [1.165, 1.54) is 12.1 Å². The molecule has 0 saturated heterocycles. The van der Waals surface area contributed by atoms with E-state index in [0.29, 0.717) is 5.57 Å². The highest BCUT2D eigenvalue weighted by molar-refractivity contribution is 5.82. The van der Waals surface area contributed by atoms with Crippen LogP contribution in [-0.4, -0.2) is 11.4 Å². The average Bonchev–Trinajstić information content (AvgIpc) is 2.04. The van der Waals surface area contributed by atoms with Crippen LogP contribution in [-0.2, 0) is 0 Å². The Morgan fingerprint density at radius 3 is 2.69 bits per heavy atom. The van der Waals surface area contributed by atoms with E-state index in [0.717, 1.165) is 0 Å². The summed E-state index contributed by atoms with van der Waals surface area (Å²) in [6.07, 6.45) is 0.289. The van der Waals surface area contributed by atoms with Crippen LogP contribution in [0.5, 0.6) is 5.75 Å². The van der Waals surface area contributed by atoms with Crippen molar-refractivity contribution >= 4 is 11.9 Å². The second-order valence-corrected chi connectivity index (χ2v) is 2.76. The van der Waals surface area contributed by atoms with Gasteiger partial charge in [0.05, 0.1) is 5.56 Å². The van der Waals surface area contributed by atoms with Crippen molar-refractivity contribution in [1.29, 1.82) is 0 Å². The summed E-state index contributed by atoms with van der Waals surface area (Å²) in [6.45, 7) is 5.18. The Hall–Kier alpha value is -1.64. The molecule has 0 aliphatic rings. The number of phenolic OH excluding ortho intramolecular Hbond substituents is 1. The summed E-state index contributed by atoms with van der Waals surface area (Å²) in [5.41, 5.74) is 0.445. The van der Waals surface area contributed by atoms with Crippen molar-refractivity contribution in [2.24, 2.45) is 0 Å². The molecule has 0 radical (unpaired) electrons. The molecule has 3 heteroatoms. The zero-order chi connectivity index (χ0) is 10.0. The van der Waals surface area contributed by atoms with E-state index in [1.54, 1.807) is 6.92 Å². The normalized spacial score (nSPS) is 9.69. The summed E-state index contributed by atoms with van der Waals surface area (Å²) >= 11 is 0. The second kappa shape index (κ2) is 3.39. The summed E-state index contributed by atoms with van der Waals surface area (Å²) in [5, 5.41) is 9.10. The summed E-state index contributed by atoms with van der Waals surface area (Å²) < 4.78 is 13.3. The number of carbonyl (C=O) groups is 1. The smallest absolute Gasteiger partial charge is 0.156 e. The number of aldehydes is 1. The monoisotopic (exact) mass is 180 g/mol. The maximum atomic E-state index is 13.3. The quantitative estimate of drug-likeness (QED) is 0.709. The Balaban J connectivity index is 3.44. The van der Waals surface area contributed by atoms with Crippen molar-refractivity contribution in [2.75, 3.05) is 0 Å². The highest BCUT2D eigenvalue weighted by Gasteiger charge is 2.12. The molecule has 0 atom stereocenters. The van der Waals surface area contributed by atoms with E-state index in [2.05, 4.69) is 6.58 Å². The molecule has 0 unspecified atom stereocenters. The molecule has 0 aliphatic heterocycles. The van der Waals surface area contributed by atoms with Crippen LogP contribution in [0.3, 0.4) is 0 Å². The average molecular weight is 180 g/mol. The molecule has 0 fully saturated rings. The molecule has 1 N–H and O–H groups in total. The fourth-order valence-electron chi connectivity index (χ4n) is 1.02. The van der Waals surface area contributed by atoms with Crippen molar-refractivity contribution in [3.8, 4) is 5.75 Å². The highest BCUT2D eigenvalue weighted by Crippen LogP contribution is 2.25. The Bertz CT molecular complexity index is 369. The van der Waals surface area contributed by atoms with Gasteiger partial charge in [0, 0.05) is 5.56 Å². The first kappa shape index (κ1) is 9.45. The molecule has 1 aromatic carbocycles. The van der Waals surface area contributed by atoms with Gasteiger partial charge in [-0.15, -0.1) is 0 Å². The Morgan fingerprint density at radius 1 is 1.62 bits per heavy atom. The van der Waals surface area contributed by atoms with E-state index in [-0.39, 0.29) is 23.2 Å². The van der Waals surface area contributed by atoms with Gasteiger partial charge in [-0.1, -0.05) is 6.58 Å². The molecule has 13 heavy (non-hydrogen) atoms. The number of halogens is 1. The number of phenols is 1. The predicted octanol–water partition coefficient (Wildman–Crippen LogP) is 2.38. The summed E-state index contributed by atoms with van der Waals surface area (Å²) in [4.78, 5) is 10.4. The molecule has 68 valence electrons. The van der Waals surface area contributed by atoms with E-state index in [9.17, 15) is 9.18 Å². The zero-order valence-corrected chi connectivity index (χ0v) is 7.17. The van der Waals surface area contributed by atoms with Gasteiger partial charge in [-0.2, -0.15) is 0 Å². The third-order valence-electron chi connectivity index (χ3n) is 1.73. The maximum Gasteiger partial charge on any atom is 0.156 e. The van der Waals surface area contributed by atoms with E-state index < -0.39 is 5.82 Å². The van der Waals surface area contributed by atoms with Crippen molar-refractivity contribution in [1.82, 2.24) is 0 Å². The topological polar surface area (TPSA) is 37.3 Å². The zero-order valence-electron chi connectivity index (χ0n) is 7.17. The van der Waals surface area contributed by atoms with Crippen LogP contribution < -0.4 is 0 Å². The molecular weight excluding hydrogens is 171 g/mol. The predicted molar refractivity (Wildman–Crippen MR) is 48.2 cm³/mol. The first-order chi connectivity index (χ1) is 6.07. The maximum absolute atomic E-state index is 13.3. The molecule has 0 saturated carbocycles. The van der Waals surface area contributed by atoms with Crippen molar-refractivity contribution in [2.45, 2.75) is 6.92 Å². The van der Waals surface area contributed by atoms with Crippen LogP contribution in [0.25, 0.3) is 5.57 Å². The van der Waals surface area contributed by atoms with Crippen LogP contribution >= 0.6 is 0 Å². The molecule has 1 rings (SSSR count). The number of carbonyl (C=O) groups excluding carboxylic acids is 1. The third-order valence-corrected chi connectivity index (χ3v) is 1.73. The Kier molecular flexibility index (Phi) is 2.46. The Labute approximate surface area is 75.3 Å². The van der Waals surface area contributed by atoms with Crippen molar-refractivity contribution < 1.29 is 14.3 Å². The van der Waals surface area contributed by atoms with Gasteiger partial charge < -0.3 is 5.11 Å². The number of rotatable bonds is 2. The molecule has 2 nitrogen and oxygen atoms in total. The minimum absolute atomic E-state index is 0.250. The first-order valence-electron chi connectivity index (χ1n) is 3.70. The summed E-state index contributed by atoms with van der Waals surface area (Å²) in [5.74, 6) is -1.07. The number of hydrogen-bond acceptors (Lipinski definition) is 2. The van der Waals surface area contributed by atoms with E-state index in [1.807, 2.05) is 0 Å². The molecule has 0 heterocycles. The number of benzene rings is 1. The van der Waals surface area contributed by atoms with Crippen molar-refractivity contribution in [3.05, 3.63) is 35.7 Å². The number of hydrogen-bond donors (Lipinski definition) is 1. The van der Waals surface area contributed by atoms with Crippen LogP contribution in [0, 0.1) is 5.82 Å². The van der Waals surface area contributed by atoms with Gasteiger partial charge in [0.1, 0.15) is 11.6 Å². The SMILES string of the molecule is C=C(C)c1ccc(O)c(C=O)c1F. The van der Waals surface area contributed by atoms with Gasteiger partial charge in [-0.3, -0.25) is 4.79 Å². The third kappa shape index (κ3) is 1.59. The minimum Gasteiger partial charge on any atom is -0.507 e. The van der Waals surface area contributed by atoms with Gasteiger partial charge in [0.2, 0.25) is 0 Å². The summed E-state index contributed by atoms with van der Waals surface area (Å²) in [7, 11) is 0. The van der Waals surface area contributed by atoms with Crippen LogP contribution in [0.15, 0.2) is 18.7 Å². The molecule has 1 aromatic rings. The molecule has 0 aromatic heterocycles. The van der Waals surface area contributed by atoms with Gasteiger partial charge in [0.25, 0.3) is 0 Å². The van der Waals surface area contributed by atoms with Gasteiger partial charge in [0.15, 0.2) is 6.29 Å². The highest BCUT2D eigenvalue weighted by atomic mass is 19.1. The lowest BCUT2D eigenvalue weighted by molar-refractivity contribution is 0.111. The van der Waals surface area contributed by atoms with Crippen LogP contribution in [0.4, 0.5) is 4.39 Å². The first-order valence-corrected chi connectivity index (χ1v) is 3.70. The van der Waals surface area contributed by atoms with Crippen molar-refractivity contribution in [3.63, 3.8) is 0 Å². The standard InChI is InChI=1S/C10H9FO2/c1-6(2)7-3-4-9(13)8(5-12)10(7)11/h3-5,13H,1H2,2H3. The molecule has 0 bridgehead atoms. The lowest BCUT2D eigenvalue weighted by Crippen LogP contribution is -1.93. The fraction of sp³-hybridized carbons (Fsp3) is 0.100.